The number of carbonyl (C=O) groups is 1. The van der Waals surface area contributed by atoms with Gasteiger partial charge in [-0.25, -0.2) is 9.97 Å². The number of rotatable bonds is 1. The second-order valence-corrected chi connectivity index (χ2v) is 3.63. The third kappa shape index (κ3) is 1.20. The van der Waals surface area contributed by atoms with Gasteiger partial charge in [-0.1, -0.05) is 0 Å². The number of amides is 1. The molecule has 5 nitrogen and oxygen atoms in total. The van der Waals surface area contributed by atoms with Gasteiger partial charge in [0.15, 0.2) is 0 Å². The molecule has 2 heterocycles. The van der Waals surface area contributed by atoms with Crippen molar-refractivity contribution in [1.82, 2.24) is 15.3 Å². The molecule has 0 aliphatic carbocycles. The maximum atomic E-state index is 11.4. The lowest BCUT2D eigenvalue weighted by molar-refractivity contribution is 0.0968. The average Bonchev–Trinajstić information content (AvgIpc) is 2.56. The van der Waals surface area contributed by atoms with Gasteiger partial charge in [0.2, 0.25) is 0 Å². The van der Waals surface area contributed by atoms with Crippen LogP contribution < -0.4 is 11.1 Å². The largest absolute Gasteiger partial charge is 0.396 e. The number of nitrogens with one attached hydrogen (secondary N) is 1. The molecule has 0 radical (unpaired) electrons. The summed E-state index contributed by atoms with van der Waals surface area (Å²) in [5, 5.41) is 2.52. The minimum atomic E-state index is -0.202. The molecule has 0 bridgehead atoms. The van der Waals surface area contributed by atoms with E-state index in [2.05, 4.69) is 15.3 Å². The van der Waals surface area contributed by atoms with E-state index in [4.69, 9.17) is 5.73 Å². The van der Waals surface area contributed by atoms with Crippen molar-refractivity contribution in [3.8, 4) is 0 Å². The first kappa shape index (κ1) is 8.89. The van der Waals surface area contributed by atoms with Gasteiger partial charge in [0.25, 0.3) is 5.91 Å². The van der Waals surface area contributed by atoms with Gasteiger partial charge in [0.05, 0.1) is 5.69 Å². The third-order valence-corrected chi connectivity index (χ3v) is 2.90. The molecule has 14 heavy (non-hydrogen) atoms. The lowest BCUT2D eigenvalue weighted by atomic mass is 10.3. The average molecular weight is 208 g/mol. The van der Waals surface area contributed by atoms with Crippen LogP contribution in [0.25, 0.3) is 10.3 Å². The van der Waals surface area contributed by atoms with Crippen molar-refractivity contribution in [1.29, 1.82) is 0 Å². The summed E-state index contributed by atoms with van der Waals surface area (Å²) in [6.07, 6.45) is 3.13. The van der Waals surface area contributed by atoms with Crippen LogP contribution in [-0.4, -0.2) is 22.9 Å². The number of fused-ring (bicyclic) bond motifs is 1. The summed E-state index contributed by atoms with van der Waals surface area (Å²) in [7, 11) is 1.56. The first-order valence-electron chi connectivity index (χ1n) is 3.95. The van der Waals surface area contributed by atoms with E-state index in [0.717, 1.165) is 0 Å². The van der Waals surface area contributed by atoms with Crippen molar-refractivity contribution in [3.63, 3.8) is 0 Å². The Bertz CT molecular complexity index is 493. The molecule has 2 aromatic rings. The highest BCUT2D eigenvalue weighted by atomic mass is 32.1. The van der Waals surface area contributed by atoms with Crippen molar-refractivity contribution < 1.29 is 4.79 Å². The fraction of sp³-hybridized carbons (Fsp3) is 0.125. The Kier molecular flexibility index (Phi) is 2.05. The van der Waals surface area contributed by atoms with Crippen LogP contribution in [0, 0.1) is 0 Å². The first-order chi connectivity index (χ1) is 6.74. The number of thiophene rings is 1. The number of hydrogen-bond donors (Lipinski definition) is 2. The quantitative estimate of drug-likeness (QED) is 0.720. The van der Waals surface area contributed by atoms with E-state index < -0.39 is 0 Å². The number of nitrogen functional groups attached to an aromatic ring is 1. The lowest BCUT2D eigenvalue weighted by Crippen LogP contribution is -2.17. The molecular weight excluding hydrogens is 200 g/mol. The standard InChI is InChI=1S/C8H8N4OS/c1-10-7(13)6-4(9)5-8(14-6)12-3-2-11-5/h2-3H,9H2,1H3,(H,10,13). The Balaban J connectivity index is 2.68. The predicted molar refractivity (Wildman–Crippen MR) is 55.2 cm³/mol. The van der Waals surface area contributed by atoms with Crippen LogP contribution in [-0.2, 0) is 0 Å². The van der Waals surface area contributed by atoms with E-state index >= 15 is 0 Å². The van der Waals surface area contributed by atoms with Crippen molar-refractivity contribution in [2.45, 2.75) is 0 Å². The van der Waals surface area contributed by atoms with Gasteiger partial charge in [-0.15, -0.1) is 11.3 Å². The summed E-state index contributed by atoms with van der Waals surface area (Å²) < 4.78 is 0. The van der Waals surface area contributed by atoms with Crippen LogP contribution in [0.1, 0.15) is 9.67 Å². The normalized spacial score (nSPS) is 10.4. The maximum absolute atomic E-state index is 11.4. The molecule has 6 heteroatoms. The zero-order valence-corrected chi connectivity index (χ0v) is 8.26. The highest BCUT2D eigenvalue weighted by Crippen LogP contribution is 2.29. The van der Waals surface area contributed by atoms with Crippen LogP contribution in [0.3, 0.4) is 0 Å². The Morgan fingerprint density at radius 3 is 2.86 bits per heavy atom. The van der Waals surface area contributed by atoms with E-state index in [1.165, 1.54) is 11.3 Å². The molecule has 0 unspecified atom stereocenters. The SMILES string of the molecule is CNC(=O)c1sc2nccnc2c1N. The fourth-order valence-electron chi connectivity index (χ4n) is 1.13. The molecule has 0 aliphatic heterocycles. The van der Waals surface area contributed by atoms with Gasteiger partial charge in [0.1, 0.15) is 15.2 Å². The van der Waals surface area contributed by atoms with Gasteiger partial charge in [-0.3, -0.25) is 4.79 Å². The summed E-state index contributed by atoms with van der Waals surface area (Å²) in [5.41, 5.74) is 6.76. The van der Waals surface area contributed by atoms with E-state index in [9.17, 15) is 4.79 Å². The van der Waals surface area contributed by atoms with Gasteiger partial charge in [0, 0.05) is 19.4 Å². The van der Waals surface area contributed by atoms with E-state index in [1.54, 1.807) is 19.4 Å². The number of nitrogens with zero attached hydrogens (tertiary/aromatic N) is 2. The lowest BCUT2D eigenvalue weighted by Gasteiger charge is -1.95. The molecule has 2 rings (SSSR count). The Labute approximate surface area is 84.0 Å². The van der Waals surface area contributed by atoms with Crippen molar-refractivity contribution in [2.24, 2.45) is 0 Å². The number of hydrogen-bond acceptors (Lipinski definition) is 5. The Morgan fingerprint density at radius 1 is 1.50 bits per heavy atom. The first-order valence-corrected chi connectivity index (χ1v) is 4.76. The van der Waals surface area contributed by atoms with Crippen LogP contribution in [0.4, 0.5) is 5.69 Å². The summed E-state index contributed by atoms with van der Waals surface area (Å²) in [6.45, 7) is 0. The fourth-order valence-corrected chi connectivity index (χ4v) is 2.09. The zero-order chi connectivity index (χ0) is 10.1. The topological polar surface area (TPSA) is 80.9 Å². The number of anilines is 1. The molecule has 1 amide bonds. The van der Waals surface area contributed by atoms with Gasteiger partial charge in [-0.2, -0.15) is 0 Å². The number of aromatic nitrogens is 2. The Hall–Kier alpha value is -1.69. The molecule has 0 aliphatic rings. The predicted octanol–water partition coefficient (Wildman–Crippen LogP) is 0.633. The molecule has 2 aromatic heterocycles. The molecular formula is C8H8N4OS. The highest BCUT2D eigenvalue weighted by molar-refractivity contribution is 7.21. The van der Waals surface area contributed by atoms with Crippen LogP contribution in [0.15, 0.2) is 12.4 Å². The van der Waals surface area contributed by atoms with Crippen molar-refractivity contribution in [2.75, 3.05) is 12.8 Å². The third-order valence-electron chi connectivity index (χ3n) is 1.80. The van der Waals surface area contributed by atoms with Gasteiger partial charge >= 0.3 is 0 Å². The summed E-state index contributed by atoms with van der Waals surface area (Å²) in [4.78, 5) is 20.7. The summed E-state index contributed by atoms with van der Waals surface area (Å²) >= 11 is 1.25. The molecule has 0 saturated heterocycles. The molecule has 3 N–H and O–H groups in total. The van der Waals surface area contributed by atoms with E-state index in [1.807, 2.05) is 0 Å². The highest BCUT2D eigenvalue weighted by Gasteiger charge is 2.16. The van der Waals surface area contributed by atoms with E-state index in [0.29, 0.717) is 20.9 Å². The smallest absolute Gasteiger partial charge is 0.263 e. The second-order valence-electron chi connectivity index (χ2n) is 2.63. The molecule has 72 valence electrons. The van der Waals surface area contributed by atoms with E-state index in [-0.39, 0.29) is 5.91 Å². The molecule has 0 saturated carbocycles. The maximum Gasteiger partial charge on any atom is 0.263 e. The number of carbonyl (C=O) groups excluding carboxylic acids is 1. The summed E-state index contributed by atoms with van der Waals surface area (Å²) in [6, 6.07) is 0. The minimum absolute atomic E-state index is 0.202. The van der Waals surface area contributed by atoms with Crippen LogP contribution in [0.5, 0.6) is 0 Å². The van der Waals surface area contributed by atoms with Crippen molar-refractivity contribution in [3.05, 3.63) is 17.3 Å². The molecule has 0 atom stereocenters. The second kappa shape index (κ2) is 3.22. The van der Waals surface area contributed by atoms with Crippen LogP contribution in [0.2, 0.25) is 0 Å². The van der Waals surface area contributed by atoms with Gasteiger partial charge in [-0.05, 0) is 0 Å². The summed E-state index contributed by atoms with van der Waals surface area (Å²) in [5.74, 6) is -0.202. The molecule has 0 fully saturated rings. The van der Waals surface area contributed by atoms with Crippen molar-refractivity contribution >= 4 is 33.3 Å². The zero-order valence-electron chi connectivity index (χ0n) is 7.44. The van der Waals surface area contributed by atoms with Crippen LogP contribution >= 0.6 is 11.3 Å². The monoisotopic (exact) mass is 208 g/mol. The molecule has 0 spiro atoms. The number of nitrogens with two attached hydrogens (primary N) is 1. The van der Waals surface area contributed by atoms with Gasteiger partial charge < -0.3 is 11.1 Å². The molecule has 0 aromatic carbocycles. The minimum Gasteiger partial charge on any atom is -0.396 e. The Morgan fingerprint density at radius 2 is 2.21 bits per heavy atom.